The lowest BCUT2D eigenvalue weighted by Crippen LogP contribution is -2.24. The monoisotopic (exact) mass is 443 g/mol. The van der Waals surface area contributed by atoms with Crippen molar-refractivity contribution < 1.29 is 14.1 Å². The molecule has 0 saturated carbocycles. The number of nitrogens with one attached hydrogen (secondary N) is 1. The Hall–Kier alpha value is -2.67. The fourth-order valence-corrected chi connectivity index (χ4v) is 3.29. The lowest BCUT2D eigenvalue weighted by atomic mass is 9.96. The normalized spacial score (nSPS) is 10.9. The summed E-state index contributed by atoms with van der Waals surface area (Å²) in [7, 11) is 1.64. The summed E-state index contributed by atoms with van der Waals surface area (Å²) in [6, 6.07) is 11.4. The molecule has 6 nitrogen and oxygen atoms in total. The molecule has 3 rings (SSSR count). The number of aryl methyl sites for hydroxylation is 1. The molecule has 3 aromatic rings. The van der Waals surface area contributed by atoms with Crippen LogP contribution in [-0.4, -0.2) is 23.2 Å². The number of hydrogen-bond acceptors (Lipinski definition) is 5. The van der Waals surface area contributed by atoms with Gasteiger partial charge in [-0.05, 0) is 48.2 Å². The number of halogens is 1. The van der Waals surface area contributed by atoms with Gasteiger partial charge in [-0.1, -0.05) is 47.1 Å². The number of benzene rings is 2. The van der Waals surface area contributed by atoms with Crippen LogP contribution in [0.15, 0.2) is 45.4 Å². The first-order valence-electron chi connectivity index (χ1n) is 8.94. The first kappa shape index (κ1) is 20.1. The number of carbonyl (C=O) groups excluding carboxylic acids is 1. The van der Waals surface area contributed by atoms with E-state index in [-0.39, 0.29) is 18.4 Å². The molecule has 0 atom stereocenters. The molecule has 0 fully saturated rings. The smallest absolute Gasteiger partial charge is 0.251 e. The van der Waals surface area contributed by atoms with Crippen LogP contribution < -0.4 is 10.1 Å². The van der Waals surface area contributed by atoms with Crippen LogP contribution in [-0.2, 0) is 6.54 Å². The molecule has 28 heavy (non-hydrogen) atoms. The maximum absolute atomic E-state index is 12.7. The molecule has 7 heteroatoms. The Morgan fingerprint density at radius 2 is 2.07 bits per heavy atom. The second-order valence-corrected chi connectivity index (χ2v) is 7.68. The van der Waals surface area contributed by atoms with Crippen molar-refractivity contribution in [3.05, 3.63) is 63.5 Å². The number of nitrogens with zero attached hydrogens (tertiary/aromatic N) is 2. The Bertz CT molecular complexity index is 998. The van der Waals surface area contributed by atoms with Gasteiger partial charge in [0, 0.05) is 15.6 Å². The molecule has 2 aromatic carbocycles. The van der Waals surface area contributed by atoms with Gasteiger partial charge >= 0.3 is 0 Å². The van der Waals surface area contributed by atoms with Crippen molar-refractivity contribution in [3.63, 3.8) is 0 Å². The molecule has 0 bridgehead atoms. The van der Waals surface area contributed by atoms with Crippen molar-refractivity contribution in [2.24, 2.45) is 0 Å². The van der Waals surface area contributed by atoms with Crippen molar-refractivity contribution in [2.45, 2.75) is 33.2 Å². The zero-order chi connectivity index (χ0) is 20.3. The van der Waals surface area contributed by atoms with E-state index in [0.29, 0.717) is 17.3 Å². The quantitative estimate of drug-likeness (QED) is 0.587. The molecular weight excluding hydrogens is 422 g/mol. The number of ether oxygens (including phenoxy) is 1. The highest BCUT2D eigenvalue weighted by molar-refractivity contribution is 9.10. The third-order valence-corrected chi connectivity index (χ3v) is 4.89. The predicted octanol–water partition coefficient (Wildman–Crippen LogP) is 4.87. The van der Waals surface area contributed by atoms with Crippen LogP contribution >= 0.6 is 15.9 Å². The molecule has 1 aromatic heterocycles. The number of rotatable bonds is 6. The van der Waals surface area contributed by atoms with Gasteiger partial charge in [-0.2, -0.15) is 4.98 Å². The molecule has 146 valence electrons. The van der Waals surface area contributed by atoms with Gasteiger partial charge in [-0.15, -0.1) is 0 Å². The second-order valence-electron chi connectivity index (χ2n) is 6.77. The van der Waals surface area contributed by atoms with Crippen LogP contribution in [0.25, 0.3) is 11.4 Å². The molecule has 1 heterocycles. The second kappa shape index (κ2) is 8.56. The maximum atomic E-state index is 12.7. The minimum Gasteiger partial charge on any atom is -0.496 e. The Balaban J connectivity index is 1.73. The van der Waals surface area contributed by atoms with Crippen LogP contribution in [0, 0.1) is 6.92 Å². The number of methoxy groups -OCH3 is 1. The van der Waals surface area contributed by atoms with Crippen molar-refractivity contribution >= 4 is 21.8 Å². The Labute approximate surface area is 172 Å². The minimum atomic E-state index is -0.191. The van der Waals surface area contributed by atoms with Crippen molar-refractivity contribution in [1.29, 1.82) is 0 Å². The molecule has 0 radical (unpaired) electrons. The van der Waals surface area contributed by atoms with E-state index in [0.717, 1.165) is 26.9 Å². The average Bonchev–Trinajstić information content (AvgIpc) is 3.14. The van der Waals surface area contributed by atoms with Crippen molar-refractivity contribution in [1.82, 2.24) is 15.5 Å². The molecule has 0 aliphatic rings. The molecule has 0 spiro atoms. The van der Waals surface area contributed by atoms with Crippen LogP contribution in [0.5, 0.6) is 5.75 Å². The third-order valence-electron chi connectivity index (χ3n) is 4.39. The summed E-state index contributed by atoms with van der Waals surface area (Å²) in [5, 5.41) is 6.83. The number of amides is 1. The topological polar surface area (TPSA) is 77.2 Å². The number of aromatic nitrogens is 2. The summed E-state index contributed by atoms with van der Waals surface area (Å²) in [4.78, 5) is 17.0. The zero-order valence-corrected chi connectivity index (χ0v) is 17.8. The highest BCUT2D eigenvalue weighted by Gasteiger charge is 2.17. The molecule has 0 aliphatic heterocycles. The van der Waals surface area contributed by atoms with Gasteiger partial charge in [0.05, 0.1) is 13.7 Å². The van der Waals surface area contributed by atoms with Crippen LogP contribution in [0.1, 0.15) is 47.1 Å². The van der Waals surface area contributed by atoms with E-state index in [4.69, 9.17) is 9.26 Å². The van der Waals surface area contributed by atoms with Crippen LogP contribution in [0.3, 0.4) is 0 Å². The Morgan fingerprint density at radius 1 is 1.29 bits per heavy atom. The van der Waals surface area contributed by atoms with E-state index in [1.54, 1.807) is 7.11 Å². The molecular formula is C21H22BrN3O3. The van der Waals surface area contributed by atoms with E-state index < -0.39 is 0 Å². The van der Waals surface area contributed by atoms with Gasteiger partial charge in [0.15, 0.2) is 0 Å². The largest absolute Gasteiger partial charge is 0.496 e. The standard InChI is InChI=1S/C21H22BrN3O3/c1-12(2)16-10-17(13(3)8-18(16)27-4)21(26)23-11-19-24-20(25-28-19)14-6-5-7-15(22)9-14/h5-10,12H,11H2,1-4H3,(H,23,26). The third kappa shape index (κ3) is 4.42. The SMILES string of the molecule is COc1cc(C)c(C(=O)NCc2nc(-c3cccc(Br)c3)no2)cc1C(C)C. The summed E-state index contributed by atoms with van der Waals surface area (Å²) in [6.45, 7) is 6.18. The highest BCUT2D eigenvalue weighted by Crippen LogP contribution is 2.29. The van der Waals surface area contributed by atoms with Gasteiger partial charge in [0.2, 0.25) is 11.7 Å². The van der Waals surface area contributed by atoms with Gasteiger partial charge in [-0.3, -0.25) is 4.79 Å². The summed E-state index contributed by atoms with van der Waals surface area (Å²) in [5.41, 5.74) is 3.28. The summed E-state index contributed by atoms with van der Waals surface area (Å²) in [6.07, 6.45) is 0. The van der Waals surface area contributed by atoms with Crippen LogP contribution in [0.2, 0.25) is 0 Å². The zero-order valence-electron chi connectivity index (χ0n) is 16.2. The molecule has 0 saturated heterocycles. The Kier molecular flexibility index (Phi) is 6.14. The maximum Gasteiger partial charge on any atom is 0.251 e. The van der Waals surface area contributed by atoms with Gasteiger partial charge in [0.25, 0.3) is 5.91 Å². The lowest BCUT2D eigenvalue weighted by Gasteiger charge is -2.15. The summed E-state index contributed by atoms with van der Waals surface area (Å²) < 4.78 is 11.6. The van der Waals surface area contributed by atoms with Crippen molar-refractivity contribution in [2.75, 3.05) is 7.11 Å². The highest BCUT2D eigenvalue weighted by atomic mass is 79.9. The van der Waals surface area contributed by atoms with Gasteiger partial charge in [0.1, 0.15) is 5.75 Å². The molecule has 1 amide bonds. The fraction of sp³-hybridized carbons (Fsp3) is 0.286. The van der Waals surface area contributed by atoms with E-state index >= 15 is 0 Å². The average molecular weight is 444 g/mol. The van der Waals surface area contributed by atoms with E-state index in [1.807, 2.05) is 43.3 Å². The van der Waals surface area contributed by atoms with Gasteiger partial charge < -0.3 is 14.6 Å². The molecule has 0 aliphatic carbocycles. The van der Waals surface area contributed by atoms with E-state index in [9.17, 15) is 4.79 Å². The number of hydrogen-bond donors (Lipinski definition) is 1. The lowest BCUT2D eigenvalue weighted by molar-refractivity contribution is 0.0945. The minimum absolute atomic E-state index is 0.155. The first-order valence-corrected chi connectivity index (χ1v) is 9.73. The van der Waals surface area contributed by atoms with E-state index in [1.165, 1.54) is 0 Å². The number of carbonyl (C=O) groups is 1. The summed E-state index contributed by atoms with van der Waals surface area (Å²) >= 11 is 3.42. The fourth-order valence-electron chi connectivity index (χ4n) is 2.89. The summed E-state index contributed by atoms with van der Waals surface area (Å²) in [5.74, 6) is 1.67. The van der Waals surface area contributed by atoms with Gasteiger partial charge in [-0.25, -0.2) is 0 Å². The first-order chi connectivity index (χ1) is 13.4. The molecule has 0 unspecified atom stereocenters. The van der Waals surface area contributed by atoms with Crippen LogP contribution in [0.4, 0.5) is 0 Å². The Morgan fingerprint density at radius 3 is 2.75 bits per heavy atom. The molecule has 1 N–H and O–H groups in total. The predicted molar refractivity (Wildman–Crippen MR) is 110 cm³/mol. The van der Waals surface area contributed by atoms with Crippen molar-refractivity contribution in [3.8, 4) is 17.1 Å². The van der Waals surface area contributed by atoms with E-state index in [2.05, 4.69) is 45.2 Å².